The molecule has 1 aromatic rings. The Hall–Kier alpha value is -1.28. The number of anilines is 1. The molecule has 7 nitrogen and oxygen atoms in total. The van der Waals surface area contributed by atoms with Crippen LogP contribution < -0.4 is 4.90 Å². The standard InChI is InChI=1S/C18H29N5O2S/c1-13-5-7-21(8-6-13)17-19-20-18(23(17)15-3-4-15)26-12-16(24)22-9-10-25-14(2)11-22/h13-15H,3-12H2,1-2H3. The summed E-state index contributed by atoms with van der Waals surface area (Å²) in [6.07, 6.45) is 4.94. The van der Waals surface area contributed by atoms with Gasteiger partial charge in [-0.2, -0.15) is 0 Å². The van der Waals surface area contributed by atoms with Gasteiger partial charge in [0.2, 0.25) is 11.9 Å². The molecule has 1 aliphatic carbocycles. The molecule has 144 valence electrons. The maximum Gasteiger partial charge on any atom is 0.233 e. The predicted octanol–water partition coefficient (Wildman–Crippen LogP) is 2.19. The highest BCUT2D eigenvalue weighted by Gasteiger charge is 2.33. The molecule has 1 aromatic heterocycles. The average Bonchev–Trinajstić information content (AvgIpc) is 3.40. The highest BCUT2D eigenvalue weighted by molar-refractivity contribution is 7.99. The van der Waals surface area contributed by atoms with Gasteiger partial charge in [0.1, 0.15) is 0 Å². The van der Waals surface area contributed by atoms with Gasteiger partial charge in [-0.1, -0.05) is 18.7 Å². The third-order valence-electron chi connectivity index (χ3n) is 5.54. The minimum atomic E-state index is 0.126. The molecular formula is C18H29N5O2S. The number of amides is 1. The molecule has 3 aliphatic rings. The summed E-state index contributed by atoms with van der Waals surface area (Å²) in [4.78, 5) is 16.8. The van der Waals surface area contributed by atoms with E-state index in [-0.39, 0.29) is 12.0 Å². The van der Waals surface area contributed by atoms with Crippen LogP contribution in [0.5, 0.6) is 0 Å². The Morgan fingerprint density at radius 2 is 1.92 bits per heavy atom. The largest absolute Gasteiger partial charge is 0.375 e. The van der Waals surface area contributed by atoms with E-state index >= 15 is 0 Å². The van der Waals surface area contributed by atoms with E-state index in [0.29, 0.717) is 31.5 Å². The van der Waals surface area contributed by atoms with E-state index in [1.807, 2.05) is 11.8 Å². The maximum atomic E-state index is 12.5. The molecule has 1 saturated carbocycles. The van der Waals surface area contributed by atoms with Gasteiger partial charge in [-0.15, -0.1) is 10.2 Å². The zero-order chi connectivity index (χ0) is 18.1. The summed E-state index contributed by atoms with van der Waals surface area (Å²) in [7, 11) is 0. The molecule has 4 rings (SSSR count). The molecule has 1 amide bonds. The number of carbonyl (C=O) groups is 1. The number of carbonyl (C=O) groups excluding carboxylic acids is 1. The topological polar surface area (TPSA) is 63.5 Å². The third-order valence-corrected chi connectivity index (χ3v) is 6.47. The lowest BCUT2D eigenvalue weighted by atomic mass is 10.00. The van der Waals surface area contributed by atoms with Crippen molar-refractivity contribution in [2.45, 2.75) is 56.8 Å². The van der Waals surface area contributed by atoms with E-state index < -0.39 is 0 Å². The molecule has 3 heterocycles. The summed E-state index contributed by atoms with van der Waals surface area (Å²) < 4.78 is 7.81. The van der Waals surface area contributed by atoms with Crippen LogP contribution in [0.4, 0.5) is 5.95 Å². The van der Waals surface area contributed by atoms with Crippen molar-refractivity contribution in [2.75, 3.05) is 43.4 Å². The fourth-order valence-corrected chi connectivity index (χ4v) is 4.61. The number of hydrogen-bond donors (Lipinski definition) is 0. The molecule has 0 aromatic carbocycles. The first-order valence-electron chi connectivity index (χ1n) is 9.84. The molecule has 3 fully saturated rings. The molecule has 1 unspecified atom stereocenters. The number of ether oxygens (including phenoxy) is 1. The van der Waals surface area contributed by atoms with Crippen molar-refractivity contribution >= 4 is 23.6 Å². The van der Waals surface area contributed by atoms with Gasteiger partial charge in [-0.3, -0.25) is 9.36 Å². The lowest BCUT2D eigenvalue weighted by molar-refractivity contribution is -0.135. The van der Waals surface area contributed by atoms with Crippen molar-refractivity contribution in [3.8, 4) is 0 Å². The lowest BCUT2D eigenvalue weighted by Gasteiger charge is -2.31. The molecule has 1 atom stereocenters. The molecule has 2 saturated heterocycles. The van der Waals surface area contributed by atoms with Gasteiger partial charge in [-0.05, 0) is 38.5 Å². The van der Waals surface area contributed by atoms with Crippen molar-refractivity contribution in [1.29, 1.82) is 0 Å². The summed E-state index contributed by atoms with van der Waals surface area (Å²) in [5.41, 5.74) is 0. The smallest absolute Gasteiger partial charge is 0.233 e. The third kappa shape index (κ3) is 4.01. The number of thioether (sulfide) groups is 1. The summed E-state index contributed by atoms with van der Waals surface area (Å²) in [6, 6.07) is 0.514. The summed E-state index contributed by atoms with van der Waals surface area (Å²) in [6.45, 7) is 8.46. The summed E-state index contributed by atoms with van der Waals surface area (Å²) in [5.74, 6) is 2.40. The first kappa shape index (κ1) is 18.1. The van der Waals surface area contributed by atoms with Crippen LogP contribution in [0.25, 0.3) is 0 Å². The van der Waals surface area contributed by atoms with Gasteiger partial charge in [-0.25, -0.2) is 0 Å². The van der Waals surface area contributed by atoms with E-state index in [0.717, 1.165) is 30.1 Å². The Bertz CT molecular complexity index is 640. The Morgan fingerprint density at radius 3 is 2.62 bits per heavy atom. The summed E-state index contributed by atoms with van der Waals surface area (Å²) >= 11 is 1.53. The minimum absolute atomic E-state index is 0.126. The normalized spacial score (nSPS) is 24.9. The number of hydrogen-bond acceptors (Lipinski definition) is 6. The molecule has 2 aliphatic heterocycles. The van der Waals surface area contributed by atoms with E-state index in [9.17, 15) is 4.79 Å². The van der Waals surface area contributed by atoms with Crippen LogP contribution in [-0.4, -0.2) is 70.2 Å². The molecule has 0 radical (unpaired) electrons. The zero-order valence-corrected chi connectivity index (χ0v) is 16.6. The number of morpholine rings is 1. The fourth-order valence-electron chi connectivity index (χ4n) is 3.71. The van der Waals surface area contributed by atoms with Gasteiger partial charge < -0.3 is 14.5 Å². The monoisotopic (exact) mass is 379 g/mol. The van der Waals surface area contributed by atoms with Gasteiger partial charge in [0.25, 0.3) is 0 Å². The Labute approximate surface area is 159 Å². The second-order valence-electron chi connectivity index (χ2n) is 7.86. The average molecular weight is 380 g/mol. The summed E-state index contributed by atoms with van der Waals surface area (Å²) in [5, 5.41) is 9.84. The van der Waals surface area contributed by atoms with Crippen molar-refractivity contribution < 1.29 is 9.53 Å². The van der Waals surface area contributed by atoms with Crippen LogP contribution in [0.15, 0.2) is 5.16 Å². The van der Waals surface area contributed by atoms with Crippen molar-refractivity contribution in [3.63, 3.8) is 0 Å². The van der Waals surface area contributed by atoms with E-state index in [1.165, 1.54) is 37.4 Å². The van der Waals surface area contributed by atoms with Crippen LogP contribution in [0.2, 0.25) is 0 Å². The van der Waals surface area contributed by atoms with Gasteiger partial charge in [0.05, 0.1) is 18.5 Å². The second-order valence-corrected chi connectivity index (χ2v) is 8.81. The van der Waals surface area contributed by atoms with Gasteiger partial charge in [0.15, 0.2) is 5.16 Å². The van der Waals surface area contributed by atoms with Crippen LogP contribution in [-0.2, 0) is 9.53 Å². The van der Waals surface area contributed by atoms with Crippen molar-refractivity contribution in [3.05, 3.63) is 0 Å². The van der Waals surface area contributed by atoms with Crippen LogP contribution in [0, 0.1) is 5.92 Å². The highest BCUT2D eigenvalue weighted by Crippen LogP contribution is 2.41. The Morgan fingerprint density at radius 1 is 1.15 bits per heavy atom. The van der Waals surface area contributed by atoms with Gasteiger partial charge in [0, 0.05) is 32.2 Å². The number of nitrogens with zero attached hydrogens (tertiary/aromatic N) is 5. The molecular weight excluding hydrogens is 350 g/mol. The van der Waals surface area contributed by atoms with Crippen molar-refractivity contribution in [1.82, 2.24) is 19.7 Å². The zero-order valence-electron chi connectivity index (χ0n) is 15.8. The first-order valence-corrected chi connectivity index (χ1v) is 10.8. The van der Waals surface area contributed by atoms with E-state index in [2.05, 4.69) is 26.6 Å². The first-order chi connectivity index (χ1) is 12.6. The van der Waals surface area contributed by atoms with E-state index in [1.54, 1.807) is 0 Å². The van der Waals surface area contributed by atoms with Crippen LogP contribution in [0.1, 0.15) is 45.6 Å². The molecule has 0 bridgehead atoms. The molecule has 26 heavy (non-hydrogen) atoms. The fraction of sp³-hybridized carbons (Fsp3) is 0.833. The quantitative estimate of drug-likeness (QED) is 0.731. The predicted molar refractivity (Wildman–Crippen MR) is 102 cm³/mol. The van der Waals surface area contributed by atoms with Crippen molar-refractivity contribution in [2.24, 2.45) is 5.92 Å². The van der Waals surface area contributed by atoms with Crippen LogP contribution >= 0.6 is 11.8 Å². The maximum absolute atomic E-state index is 12.5. The van der Waals surface area contributed by atoms with E-state index in [4.69, 9.17) is 4.74 Å². The lowest BCUT2D eigenvalue weighted by Crippen LogP contribution is -2.45. The Kier molecular flexibility index (Phi) is 5.40. The highest BCUT2D eigenvalue weighted by atomic mass is 32.2. The van der Waals surface area contributed by atoms with Crippen LogP contribution in [0.3, 0.4) is 0 Å². The molecule has 8 heteroatoms. The Balaban J connectivity index is 1.41. The SMILES string of the molecule is CC1CCN(c2nnc(SCC(=O)N3CCOC(C)C3)n2C2CC2)CC1. The number of aromatic nitrogens is 3. The minimum Gasteiger partial charge on any atom is -0.375 e. The molecule has 0 N–H and O–H groups in total. The second kappa shape index (κ2) is 7.76. The number of rotatable bonds is 5. The van der Waals surface area contributed by atoms with Gasteiger partial charge >= 0.3 is 0 Å². The molecule has 0 spiro atoms. The number of piperidine rings is 1.